The topological polar surface area (TPSA) is 92.8 Å². The van der Waals surface area contributed by atoms with Crippen LogP contribution in [0, 0.1) is 0 Å². The highest BCUT2D eigenvalue weighted by molar-refractivity contribution is 5.77. The van der Waals surface area contributed by atoms with Gasteiger partial charge in [-0.15, -0.1) is 0 Å². The van der Waals surface area contributed by atoms with E-state index in [9.17, 15) is 9.90 Å². The minimum atomic E-state index is -0.609. The molecule has 0 fully saturated rings. The molecule has 1 unspecified atom stereocenters. The van der Waals surface area contributed by atoms with Crippen LogP contribution < -0.4 is 10.5 Å². The molecule has 0 radical (unpaired) electrons. The number of fused-ring (bicyclic) bond motifs is 1. The van der Waals surface area contributed by atoms with E-state index in [1.807, 2.05) is 31.3 Å². The third-order valence-electron chi connectivity index (χ3n) is 3.85. The number of nitrogens with one attached hydrogen (secondary N) is 2. The van der Waals surface area contributed by atoms with Gasteiger partial charge in [0, 0.05) is 0 Å². The molecule has 0 aliphatic heterocycles. The van der Waals surface area contributed by atoms with Gasteiger partial charge in [0.05, 0.1) is 30.8 Å². The Labute approximate surface area is 144 Å². The molecule has 0 spiro atoms. The fraction of sp³-hybridized carbons (Fsp3) is 0.333. The van der Waals surface area contributed by atoms with E-state index in [2.05, 4.69) is 9.97 Å². The second-order valence-corrected chi connectivity index (χ2v) is 6.12. The number of rotatable bonds is 8. The van der Waals surface area contributed by atoms with Crippen molar-refractivity contribution in [2.75, 3.05) is 20.2 Å². The molecule has 7 nitrogen and oxygen atoms in total. The number of ether oxygens (including phenoxy) is 1. The van der Waals surface area contributed by atoms with Crippen molar-refractivity contribution < 1.29 is 19.2 Å². The molecule has 3 N–H and O–H groups in total. The van der Waals surface area contributed by atoms with E-state index in [4.69, 9.17) is 9.15 Å². The molecule has 3 rings (SSSR count). The normalized spacial score (nSPS) is 13.8. The first-order valence-electron chi connectivity index (χ1n) is 8.19. The summed E-state index contributed by atoms with van der Waals surface area (Å²) in [6, 6.07) is 10.9. The number of nitrogens with zero attached hydrogens (tertiary/aromatic N) is 1. The maximum Gasteiger partial charge on any atom is 0.258 e. The van der Waals surface area contributed by atoms with Gasteiger partial charge in [0.1, 0.15) is 31.6 Å². The van der Waals surface area contributed by atoms with Gasteiger partial charge >= 0.3 is 0 Å². The number of aliphatic hydroxyl groups is 1. The van der Waals surface area contributed by atoms with Crippen molar-refractivity contribution in [1.82, 2.24) is 9.97 Å². The highest BCUT2D eigenvalue weighted by Crippen LogP contribution is 2.05. The quantitative estimate of drug-likeness (QED) is 0.539. The van der Waals surface area contributed by atoms with Crippen LogP contribution in [0.4, 0.5) is 0 Å². The number of aromatic amines is 1. The predicted octanol–water partition coefficient (Wildman–Crippen LogP) is 0.109. The van der Waals surface area contributed by atoms with Gasteiger partial charge in [-0.2, -0.15) is 0 Å². The van der Waals surface area contributed by atoms with Crippen molar-refractivity contribution in [1.29, 1.82) is 0 Å². The Hall–Kier alpha value is -2.48. The van der Waals surface area contributed by atoms with E-state index in [1.165, 1.54) is 0 Å². The molecule has 0 aliphatic carbocycles. The van der Waals surface area contributed by atoms with Crippen LogP contribution in [0.25, 0.3) is 10.9 Å². The minimum absolute atomic E-state index is 0.143. The Kier molecular flexibility index (Phi) is 5.60. The third kappa shape index (κ3) is 4.76. The Bertz CT molecular complexity index is 860. The summed E-state index contributed by atoms with van der Waals surface area (Å²) in [5.74, 6) is 1.33. The van der Waals surface area contributed by atoms with Gasteiger partial charge in [0.15, 0.2) is 5.82 Å². The van der Waals surface area contributed by atoms with Gasteiger partial charge in [-0.1, -0.05) is 12.1 Å². The summed E-state index contributed by atoms with van der Waals surface area (Å²) in [4.78, 5) is 20.4. The van der Waals surface area contributed by atoms with Gasteiger partial charge in [-0.25, -0.2) is 4.98 Å². The van der Waals surface area contributed by atoms with Gasteiger partial charge in [0.25, 0.3) is 5.56 Å². The average molecular weight is 344 g/mol. The van der Waals surface area contributed by atoms with Gasteiger partial charge in [-0.3, -0.25) is 4.79 Å². The maximum absolute atomic E-state index is 12.1. The van der Waals surface area contributed by atoms with Crippen LogP contribution >= 0.6 is 0 Å². The molecule has 132 valence electrons. The Balaban J connectivity index is 1.51. The fourth-order valence-corrected chi connectivity index (χ4v) is 2.73. The van der Waals surface area contributed by atoms with Crippen molar-refractivity contribution >= 4 is 10.9 Å². The first kappa shape index (κ1) is 17.3. The van der Waals surface area contributed by atoms with Gasteiger partial charge in [0.2, 0.25) is 0 Å². The lowest BCUT2D eigenvalue weighted by Gasteiger charge is -2.17. The zero-order valence-electron chi connectivity index (χ0n) is 14.1. The van der Waals surface area contributed by atoms with Crippen molar-refractivity contribution in [2.24, 2.45) is 0 Å². The number of likely N-dealkylation sites (N-methyl/N-ethyl adjacent to an activating group) is 1. The first-order valence-corrected chi connectivity index (χ1v) is 8.19. The molecule has 25 heavy (non-hydrogen) atoms. The molecule has 0 saturated carbocycles. The van der Waals surface area contributed by atoms with Crippen LogP contribution in [0.2, 0.25) is 0 Å². The first-order chi connectivity index (χ1) is 12.1. The summed E-state index contributed by atoms with van der Waals surface area (Å²) in [7, 11) is 1.94. The molecule has 1 aromatic carbocycles. The largest absolute Gasteiger partial charge is 0.467 e. The zero-order chi connectivity index (χ0) is 17.6. The second-order valence-electron chi connectivity index (χ2n) is 6.12. The van der Waals surface area contributed by atoms with Crippen LogP contribution in [0.1, 0.15) is 11.6 Å². The number of para-hydroxylation sites is 1. The van der Waals surface area contributed by atoms with E-state index in [0.717, 1.165) is 10.7 Å². The van der Waals surface area contributed by atoms with Crippen molar-refractivity contribution in [3.8, 4) is 0 Å². The highest BCUT2D eigenvalue weighted by atomic mass is 16.5. The van der Waals surface area contributed by atoms with Crippen LogP contribution in [-0.2, 0) is 17.9 Å². The highest BCUT2D eigenvalue weighted by Gasteiger charge is 2.14. The van der Waals surface area contributed by atoms with Crippen molar-refractivity contribution in [2.45, 2.75) is 19.3 Å². The predicted molar refractivity (Wildman–Crippen MR) is 92.2 cm³/mol. The number of hydrogen-bond acceptors (Lipinski definition) is 5. The number of hydrogen-bond donors (Lipinski definition) is 3. The number of aliphatic hydroxyl groups excluding tert-OH is 1. The SMILES string of the molecule is C[NH+](Cc1nc2ccccc2c(=O)[nH]1)C[C@@H](O)COCc1ccco1. The summed E-state index contributed by atoms with van der Waals surface area (Å²) >= 11 is 0. The standard InChI is InChI=1S/C18H21N3O4/c1-21(9-13(22)11-24-12-14-5-4-8-25-14)10-17-19-16-7-3-2-6-15(16)18(23)20-17/h2-8,13,22H,9-12H2,1H3,(H,19,20,23)/p+1/t13-/m1/s1. The molecule has 0 bridgehead atoms. The van der Waals surface area contributed by atoms with Crippen LogP contribution in [0.15, 0.2) is 51.9 Å². The van der Waals surface area contributed by atoms with Crippen LogP contribution in [-0.4, -0.2) is 41.4 Å². The van der Waals surface area contributed by atoms with Gasteiger partial charge in [-0.05, 0) is 24.3 Å². The molecule has 7 heteroatoms. The molecule has 0 saturated heterocycles. The summed E-state index contributed by atoms with van der Waals surface area (Å²) in [5.41, 5.74) is 0.534. The lowest BCUT2D eigenvalue weighted by molar-refractivity contribution is -0.897. The number of H-pyrrole nitrogens is 1. The summed E-state index contributed by atoms with van der Waals surface area (Å²) < 4.78 is 10.6. The molecular formula is C18H22N3O4+. The van der Waals surface area contributed by atoms with E-state index in [1.54, 1.807) is 18.4 Å². The van der Waals surface area contributed by atoms with Crippen LogP contribution in [0.5, 0.6) is 0 Å². The van der Waals surface area contributed by atoms with E-state index < -0.39 is 6.10 Å². The Morgan fingerprint density at radius 1 is 1.32 bits per heavy atom. The minimum Gasteiger partial charge on any atom is -0.467 e. The Morgan fingerprint density at radius 2 is 2.16 bits per heavy atom. The van der Waals surface area contributed by atoms with E-state index >= 15 is 0 Å². The molecule has 2 aromatic heterocycles. The number of quaternary nitrogens is 1. The molecular weight excluding hydrogens is 322 g/mol. The smallest absolute Gasteiger partial charge is 0.258 e. The summed E-state index contributed by atoms with van der Waals surface area (Å²) in [6.07, 6.45) is 0.979. The second kappa shape index (κ2) is 8.06. The van der Waals surface area contributed by atoms with Gasteiger partial charge < -0.3 is 24.1 Å². The third-order valence-corrected chi connectivity index (χ3v) is 3.85. The average Bonchev–Trinajstić information content (AvgIpc) is 3.08. The lowest BCUT2D eigenvalue weighted by Crippen LogP contribution is -3.09. The fourth-order valence-electron chi connectivity index (χ4n) is 2.73. The number of aromatic nitrogens is 2. The number of furan rings is 1. The van der Waals surface area contributed by atoms with Crippen molar-refractivity contribution in [3.05, 3.63) is 64.6 Å². The molecule has 0 aliphatic rings. The van der Waals surface area contributed by atoms with Crippen LogP contribution in [0.3, 0.4) is 0 Å². The summed E-state index contributed by atoms with van der Waals surface area (Å²) in [5, 5.41) is 10.7. The van der Waals surface area contributed by atoms with E-state index in [0.29, 0.717) is 36.4 Å². The monoisotopic (exact) mass is 344 g/mol. The number of benzene rings is 1. The molecule has 0 amide bonds. The molecule has 2 atom stereocenters. The summed E-state index contributed by atoms with van der Waals surface area (Å²) in [6.45, 7) is 1.55. The molecule has 2 heterocycles. The lowest BCUT2D eigenvalue weighted by atomic mass is 10.2. The Morgan fingerprint density at radius 3 is 2.96 bits per heavy atom. The van der Waals surface area contributed by atoms with E-state index in [-0.39, 0.29) is 12.2 Å². The molecule has 3 aromatic rings. The maximum atomic E-state index is 12.1. The van der Waals surface area contributed by atoms with Crippen molar-refractivity contribution in [3.63, 3.8) is 0 Å². The zero-order valence-corrected chi connectivity index (χ0v) is 14.1.